The molecule has 2 unspecified atom stereocenters. The van der Waals surface area contributed by atoms with Crippen LogP contribution in [0.25, 0.3) is 10.9 Å². The summed E-state index contributed by atoms with van der Waals surface area (Å²) in [6.45, 7) is 1.06. The molecule has 3 N–H and O–H groups in total. The van der Waals surface area contributed by atoms with Crippen molar-refractivity contribution in [3.63, 3.8) is 0 Å². The number of pyridine rings is 1. The highest BCUT2D eigenvalue weighted by molar-refractivity contribution is 5.93. The highest BCUT2D eigenvalue weighted by Gasteiger charge is 2.42. The van der Waals surface area contributed by atoms with Crippen molar-refractivity contribution in [3.05, 3.63) is 64.2 Å². The van der Waals surface area contributed by atoms with Crippen molar-refractivity contribution < 1.29 is 14.3 Å². The summed E-state index contributed by atoms with van der Waals surface area (Å²) >= 11 is 0. The maximum Gasteiger partial charge on any atom is 0.341 e. The fraction of sp³-hybridized carbons (Fsp3) is 0.333. The fourth-order valence-corrected chi connectivity index (χ4v) is 4.36. The number of aromatic nitrogens is 1. The van der Waals surface area contributed by atoms with E-state index >= 15 is 4.39 Å². The van der Waals surface area contributed by atoms with Crippen LogP contribution < -0.4 is 16.1 Å². The van der Waals surface area contributed by atoms with E-state index in [2.05, 4.69) is 0 Å². The number of nitrogens with two attached hydrogens (primary N) is 1. The summed E-state index contributed by atoms with van der Waals surface area (Å²) in [7, 11) is 0. The number of carbonyl (C=O) groups is 1. The van der Waals surface area contributed by atoms with Crippen LogP contribution in [-0.4, -0.2) is 34.3 Å². The summed E-state index contributed by atoms with van der Waals surface area (Å²) in [5.41, 5.74) is 5.94. The van der Waals surface area contributed by atoms with Crippen molar-refractivity contribution in [3.8, 4) is 0 Å². The van der Waals surface area contributed by atoms with E-state index in [9.17, 15) is 14.7 Å². The van der Waals surface area contributed by atoms with Crippen molar-refractivity contribution in [2.75, 3.05) is 18.0 Å². The molecule has 3 aliphatic rings. The number of aromatic carboxylic acids is 1. The molecule has 1 saturated heterocycles. The Balaban J connectivity index is 1.67. The number of hydrogen-bond acceptors (Lipinski definition) is 4. The van der Waals surface area contributed by atoms with Crippen LogP contribution in [0.5, 0.6) is 0 Å². The molecule has 1 aromatic heterocycles. The largest absolute Gasteiger partial charge is 0.477 e. The third-order valence-corrected chi connectivity index (χ3v) is 6.05. The van der Waals surface area contributed by atoms with Crippen LogP contribution in [0.4, 0.5) is 10.1 Å². The topological polar surface area (TPSA) is 88.6 Å². The molecular formula is C21H20FN3O3. The average Bonchev–Trinajstić information content (AvgIpc) is 3.42. The molecule has 2 atom stereocenters. The minimum absolute atomic E-state index is 0.0904. The van der Waals surface area contributed by atoms with Gasteiger partial charge in [0.05, 0.1) is 16.7 Å². The maximum atomic E-state index is 15.0. The zero-order valence-corrected chi connectivity index (χ0v) is 15.1. The highest BCUT2D eigenvalue weighted by Crippen LogP contribution is 2.40. The van der Waals surface area contributed by atoms with Gasteiger partial charge in [-0.25, -0.2) is 9.18 Å². The number of anilines is 1. The Bertz CT molecular complexity index is 1130. The second-order valence-electron chi connectivity index (χ2n) is 7.98. The van der Waals surface area contributed by atoms with Crippen LogP contribution in [0.1, 0.15) is 29.2 Å². The van der Waals surface area contributed by atoms with E-state index in [1.54, 1.807) is 6.07 Å². The number of carboxylic acid groups (broad SMARTS) is 1. The van der Waals surface area contributed by atoms with Crippen LogP contribution in [0.15, 0.2) is 47.4 Å². The molecule has 0 bridgehead atoms. The van der Waals surface area contributed by atoms with E-state index in [-0.39, 0.29) is 22.9 Å². The second kappa shape index (κ2) is 5.78. The molecule has 1 aliphatic heterocycles. The SMILES string of the molecule is NC12C=CC=CC1CN(c1cc3c(cc1F)c(=O)c(C(=O)O)cn3C1CC1)C2. The van der Waals surface area contributed by atoms with Crippen molar-refractivity contribution >= 4 is 22.6 Å². The summed E-state index contributed by atoms with van der Waals surface area (Å²) in [5.74, 6) is -1.74. The zero-order valence-electron chi connectivity index (χ0n) is 15.1. The molecule has 0 spiro atoms. The monoisotopic (exact) mass is 381 g/mol. The molecule has 1 saturated carbocycles. The van der Waals surface area contributed by atoms with Gasteiger partial charge in [-0.05, 0) is 25.0 Å². The summed E-state index contributed by atoms with van der Waals surface area (Å²) in [5, 5.41) is 9.46. The van der Waals surface area contributed by atoms with Gasteiger partial charge in [-0.1, -0.05) is 24.3 Å². The van der Waals surface area contributed by atoms with Gasteiger partial charge < -0.3 is 20.3 Å². The van der Waals surface area contributed by atoms with E-state index in [0.29, 0.717) is 24.3 Å². The van der Waals surface area contributed by atoms with E-state index in [4.69, 9.17) is 5.73 Å². The molecule has 1 aromatic carbocycles. The van der Waals surface area contributed by atoms with Gasteiger partial charge >= 0.3 is 5.97 Å². The molecule has 6 nitrogen and oxygen atoms in total. The van der Waals surface area contributed by atoms with Gasteiger partial charge in [-0.2, -0.15) is 0 Å². The van der Waals surface area contributed by atoms with Crippen molar-refractivity contribution in [1.29, 1.82) is 0 Å². The van der Waals surface area contributed by atoms with Crippen LogP contribution in [-0.2, 0) is 0 Å². The number of rotatable bonds is 3. The van der Waals surface area contributed by atoms with Gasteiger partial charge in [0.1, 0.15) is 11.4 Å². The van der Waals surface area contributed by atoms with Gasteiger partial charge in [0.25, 0.3) is 0 Å². The van der Waals surface area contributed by atoms with Gasteiger partial charge in [0.15, 0.2) is 0 Å². The molecule has 2 heterocycles. The van der Waals surface area contributed by atoms with Gasteiger partial charge in [-0.15, -0.1) is 0 Å². The Morgan fingerprint density at radius 1 is 1.29 bits per heavy atom. The maximum absolute atomic E-state index is 15.0. The van der Waals surface area contributed by atoms with Gasteiger partial charge in [0.2, 0.25) is 5.43 Å². The van der Waals surface area contributed by atoms with E-state index in [1.165, 1.54) is 12.3 Å². The number of halogens is 1. The number of hydrogen-bond donors (Lipinski definition) is 2. The summed E-state index contributed by atoms with van der Waals surface area (Å²) in [6, 6.07) is 2.99. The molecule has 28 heavy (non-hydrogen) atoms. The zero-order chi connectivity index (χ0) is 19.6. The quantitative estimate of drug-likeness (QED) is 0.853. The molecule has 0 radical (unpaired) electrons. The highest BCUT2D eigenvalue weighted by atomic mass is 19.1. The second-order valence-corrected chi connectivity index (χ2v) is 7.98. The Labute approximate surface area is 160 Å². The smallest absolute Gasteiger partial charge is 0.341 e. The number of carboxylic acids is 1. The van der Waals surface area contributed by atoms with E-state index in [0.717, 1.165) is 12.8 Å². The number of allylic oxidation sites excluding steroid dienone is 2. The van der Waals surface area contributed by atoms with Crippen LogP contribution in [0, 0.1) is 11.7 Å². The fourth-order valence-electron chi connectivity index (χ4n) is 4.36. The normalized spacial score (nSPS) is 26.1. The lowest BCUT2D eigenvalue weighted by Crippen LogP contribution is -2.46. The molecule has 2 fully saturated rings. The van der Waals surface area contributed by atoms with Crippen molar-refractivity contribution in [2.24, 2.45) is 11.7 Å². The first-order valence-corrected chi connectivity index (χ1v) is 9.39. The molecule has 144 valence electrons. The summed E-state index contributed by atoms with van der Waals surface area (Å²) in [6.07, 6.45) is 11.1. The Morgan fingerprint density at radius 2 is 2.07 bits per heavy atom. The van der Waals surface area contributed by atoms with Crippen LogP contribution in [0.3, 0.4) is 0 Å². The third-order valence-electron chi connectivity index (χ3n) is 6.05. The number of benzene rings is 1. The lowest BCUT2D eigenvalue weighted by Gasteiger charge is -2.26. The summed E-state index contributed by atoms with van der Waals surface area (Å²) < 4.78 is 16.8. The van der Waals surface area contributed by atoms with Crippen LogP contribution >= 0.6 is 0 Å². The van der Waals surface area contributed by atoms with Crippen LogP contribution in [0.2, 0.25) is 0 Å². The Kier molecular flexibility index (Phi) is 3.55. The predicted octanol–water partition coefficient (Wildman–Crippen LogP) is 2.43. The average molecular weight is 381 g/mol. The number of nitrogens with zero attached hydrogens (tertiary/aromatic N) is 2. The van der Waals surface area contributed by atoms with Gasteiger partial charge in [-0.3, -0.25) is 4.79 Å². The lowest BCUT2D eigenvalue weighted by atomic mass is 9.85. The standard InChI is InChI=1S/C21H20FN3O3/c22-16-7-14-17(25(13-4-5-13)10-15(19(14)26)20(27)28)8-18(16)24-9-12-3-1-2-6-21(12,23)11-24/h1-3,6-8,10,12-13H,4-5,9,11,23H2,(H,27,28). The third kappa shape index (κ3) is 2.50. The Hall–Kier alpha value is -2.93. The van der Waals surface area contributed by atoms with Gasteiger partial charge in [0, 0.05) is 36.6 Å². The molecule has 7 heteroatoms. The molecule has 2 aromatic rings. The molecule has 2 aliphatic carbocycles. The molecular weight excluding hydrogens is 361 g/mol. The first-order chi connectivity index (χ1) is 13.4. The van der Waals surface area contributed by atoms with Crippen molar-refractivity contribution in [2.45, 2.75) is 24.4 Å². The predicted molar refractivity (Wildman–Crippen MR) is 104 cm³/mol. The minimum atomic E-state index is -1.29. The van der Waals surface area contributed by atoms with Crippen molar-refractivity contribution in [1.82, 2.24) is 4.57 Å². The van der Waals surface area contributed by atoms with E-state index < -0.39 is 22.8 Å². The first-order valence-electron chi connectivity index (χ1n) is 9.39. The lowest BCUT2D eigenvalue weighted by molar-refractivity contribution is 0.0695. The summed E-state index contributed by atoms with van der Waals surface area (Å²) in [4.78, 5) is 26.0. The number of fused-ring (bicyclic) bond motifs is 2. The minimum Gasteiger partial charge on any atom is -0.477 e. The van der Waals surface area contributed by atoms with E-state index in [1.807, 2.05) is 33.8 Å². The first kappa shape index (κ1) is 17.2. The molecule has 0 amide bonds. The molecule has 5 rings (SSSR count). The Morgan fingerprint density at radius 3 is 2.75 bits per heavy atom.